The Morgan fingerprint density at radius 3 is 2.52 bits per heavy atom. The maximum Gasteiger partial charge on any atom is 0.361 e. The van der Waals surface area contributed by atoms with Gasteiger partial charge in [-0.2, -0.15) is 8.75 Å². The Balaban J connectivity index is 1.64. The van der Waals surface area contributed by atoms with Crippen molar-refractivity contribution in [1.29, 1.82) is 0 Å². The zero-order chi connectivity index (χ0) is 16.6. The van der Waals surface area contributed by atoms with Gasteiger partial charge in [0.25, 0.3) is 0 Å². The zero-order valence-electron chi connectivity index (χ0n) is 11.8. The fourth-order valence-corrected chi connectivity index (χ4v) is 2.65. The van der Waals surface area contributed by atoms with Crippen LogP contribution in [-0.2, 0) is 4.74 Å². The Morgan fingerprint density at radius 2 is 1.91 bits per heavy atom. The topological polar surface area (TPSA) is 64.5 Å². The smallest absolute Gasteiger partial charge is 0.361 e. The number of esters is 1. The first kappa shape index (κ1) is 15.5. The minimum atomic E-state index is -1.54. The van der Waals surface area contributed by atoms with Gasteiger partial charge in [0.15, 0.2) is 23.3 Å². The summed E-state index contributed by atoms with van der Waals surface area (Å²) in [7, 11) is 1.24. The molecule has 1 fully saturated rings. The molecule has 0 N–H and O–H groups in total. The van der Waals surface area contributed by atoms with Crippen LogP contribution in [0.4, 0.5) is 19.0 Å². The third kappa shape index (κ3) is 2.93. The van der Waals surface area contributed by atoms with Crippen molar-refractivity contribution in [2.75, 3.05) is 25.1 Å². The standard InChI is InChI=1S/C13H10F3N3O3S/c1-21-13(20)11-12(18-23-17-11)19-4-7(5-19)22-6-2-8(14)10(16)9(15)3-6/h2-3,7H,4-5H2,1H3. The van der Waals surface area contributed by atoms with Gasteiger partial charge < -0.3 is 14.4 Å². The molecule has 1 aromatic heterocycles. The lowest BCUT2D eigenvalue weighted by molar-refractivity contribution is 0.0594. The summed E-state index contributed by atoms with van der Waals surface area (Å²) in [6.45, 7) is 0.687. The summed E-state index contributed by atoms with van der Waals surface area (Å²) in [6, 6.07) is 1.57. The first-order chi connectivity index (χ1) is 11.0. The van der Waals surface area contributed by atoms with Gasteiger partial charge in [0.2, 0.25) is 5.69 Å². The normalized spacial score (nSPS) is 14.5. The fraction of sp³-hybridized carbons (Fsp3) is 0.308. The number of anilines is 1. The van der Waals surface area contributed by atoms with Crippen molar-refractivity contribution in [3.63, 3.8) is 0 Å². The fourth-order valence-electron chi connectivity index (χ4n) is 2.10. The second-order valence-corrected chi connectivity index (χ2v) is 5.30. The molecule has 2 aromatic rings. The number of benzene rings is 1. The quantitative estimate of drug-likeness (QED) is 0.624. The molecule has 1 aromatic carbocycles. The third-order valence-corrected chi connectivity index (χ3v) is 3.78. The van der Waals surface area contributed by atoms with Crippen LogP contribution >= 0.6 is 11.7 Å². The van der Waals surface area contributed by atoms with E-state index in [-0.39, 0.29) is 17.5 Å². The van der Waals surface area contributed by atoms with Crippen molar-refractivity contribution in [3.05, 3.63) is 35.3 Å². The number of carbonyl (C=O) groups is 1. The highest BCUT2D eigenvalue weighted by Gasteiger charge is 2.34. The molecule has 6 nitrogen and oxygen atoms in total. The number of rotatable bonds is 4. The van der Waals surface area contributed by atoms with Gasteiger partial charge in [0, 0.05) is 12.1 Å². The number of carbonyl (C=O) groups excluding carboxylic acids is 1. The van der Waals surface area contributed by atoms with Gasteiger partial charge in [-0.1, -0.05) is 0 Å². The molecule has 0 radical (unpaired) electrons. The highest BCUT2D eigenvalue weighted by molar-refractivity contribution is 6.99. The largest absolute Gasteiger partial charge is 0.487 e. The van der Waals surface area contributed by atoms with Crippen molar-refractivity contribution in [3.8, 4) is 5.75 Å². The highest BCUT2D eigenvalue weighted by Crippen LogP contribution is 2.27. The number of aromatic nitrogens is 2. The number of hydrogen-bond donors (Lipinski definition) is 0. The van der Waals surface area contributed by atoms with E-state index >= 15 is 0 Å². The van der Waals surface area contributed by atoms with E-state index in [1.807, 2.05) is 0 Å². The summed E-state index contributed by atoms with van der Waals surface area (Å²) in [4.78, 5) is 13.2. The van der Waals surface area contributed by atoms with Crippen LogP contribution in [0.15, 0.2) is 12.1 Å². The van der Waals surface area contributed by atoms with E-state index in [2.05, 4.69) is 13.5 Å². The van der Waals surface area contributed by atoms with Crippen LogP contribution in [0.1, 0.15) is 10.5 Å². The second kappa shape index (κ2) is 6.03. The van der Waals surface area contributed by atoms with Gasteiger partial charge in [-0.25, -0.2) is 18.0 Å². The summed E-state index contributed by atoms with van der Waals surface area (Å²) >= 11 is 0.874. The number of halogens is 3. The number of methoxy groups -OCH3 is 1. The molecule has 122 valence electrons. The van der Waals surface area contributed by atoms with Crippen LogP contribution in [0, 0.1) is 17.5 Å². The molecule has 1 aliphatic rings. The molecule has 0 amide bonds. The molecular weight excluding hydrogens is 335 g/mol. The number of hydrogen-bond acceptors (Lipinski definition) is 7. The lowest BCUT2D eigenvalue weighted by Gasteiger charge is -2.39. The minimum absolute atomic E-state index is 0.101. The van der Waals surface area contributed by atoms with Crippen molar-refractivity contribution in [2.45, 2.75) is 6.10 Å². The van der Waals surface area contributed by atoms with Gasteiger partial charge in [0.05, 0.1) is 31.9 Å². The minimum Gasteiger partial charge on any atom is -0.487 e. The predicted molar refractivity (Wildman–Crippen MR) is 74.2 cm³/mol. The molecule has 1 aliphatic heterocycles. The first-order valence-electron chi connectivity index (χ1n) is 6.46. The van der Waals surface area contributed by atoms with E-state index in [1.165, 1.54) is 7.11 Å². The zero-order valence-corrected chi connectivity index (χ0v) is 12.6. The monoisotopic (exact) mass is 345 g/mol. The van der Waals surface area contributed by atoms with Crippen LogP contribution < -0.4 is 9.64 Å². The van der Waals surface area contributed by atoms with E-state index < -0.39 is 23.4 Å². The van der Waals surface area contributed by atoms with E-state index in [1.54, 1.807) is 4.90 Å². The Bertz CT molecular complexity index is 726. The molecule has 10 heteroatoms. The molecule has 3 rings (SSSR count). The molecule has 0 bridgehead atoms. The first-order valence-corrected chi connectivity index (χ1v) is 7.19. The van der Waals surface area contributed by atoms with Crippen LogP contribution in [-0.4, -0.2) is 41.0 Å². The van der Waals surface area contributed by atoms with Crippen LogP contribution in [0.25, 0.3) is 0 Å². The maximum atomic E-state index is 13.1. The molecule has 0 spiro atoms. The molecule has 23 heavy (non-hydrogen) atoms. The Morgan fingerprint density at radius 1 is 1.26 bits per heavy atom. The van der Waals surface area contributed by atoms with E-state index in [9.17, 15) is 18.0 Å². The van der Waals surface area contributed by atoms with Crippen molar-refractivity contribution >= 4 is 23.5 Å². The summed E-state index contributed by atoms with van der Waals surface area (Å²) in [5, 5.41) is 0. The van der Waals surface area contributed by atoms with E-state index in [0.717, 1.165) is 23.9 Å². The summed E-state index contributed by atoms with van der Waals surface area (Å²) in [5.74, 6) is -4.49. The Hall–Kier alpha value is -2.36. The molecule has 1 saturated heterocycles. The highest BCUT2D eigenvalue weighted by atomic mass is 32.1. The van der Waals surface area contributed by atoms with Crippen LogP contribution in [0.2, 0.25) is 0 Å². The molecule has 0 unspecified atom stereocenters. The predicted octanol–water partition coefficient (Wildman–Crippen LogP) is 2.01. The van der Waals surface area contributed by atoms with Gasteiger partial charge in [-0.3, -0.25) is 0 Å². The molecule has 0 atom stereocenters. The summed E-state index contributed by atoms with van der Waals surface area (Å²) in [5.41, 5.74) is 0.106. The van der Waals surface area contributed by atoms with Gasteiger partial charge >= 0.3 is 5.97 Å². The molecule has 0 aliphatic carbocycles. The molecule has 2 heterocycles. The maximum absolute atomic E-state index is 13.1. The lowest BCUT2D eigenvalue weighted by atomic mass is 10.1. The SMILES string of the molecule is COC(=O)c1nsnc1N1CC(Oc2cc(F)c(F)c(F)c2)C1. The van der Waals surface area contributed by atoms with Gasteiger partial charge in [-0.05, 0) is 0 Å². The second-order valence-electron chi connectivity index (χ2n) is 4.77. The third-order valence-electron chi connectivity index (χ3n) is 3.26. The van der Waals surface area contributed by atoms with Crippen molar-refractivity contribution in [2.24, 2.45) is 0 Å². The van der Waals surface area contributed by atoms with Crippen molar-refractivity contribution < 1.29 is 27.4 Å². The number of nitrogens with zero attached hydrogens (tertiary/aromatic N) is 3. The lowest BCUT2D eigenvalue weighted by Crippen LogP contribution is -2.54. The number of ether oxygens (including phenoxy) is 2. The Kier molecular flexibility index (Phi) is 4.07. The Labute approximate surface area is 132 Å². The van der Waals surface area contributed by atoms with Crippen LogP contribution in [0.5, 0.6) is 5.75 Å². The summed E-state index contributed by atoms with van der Waals surface area (Å²) in [6.07, 6.45) is -0.369. The average Bonchev–Trinajstić information content (AvgIpc) is 2.96. The van der Waals surface area contributed by atoms with Gasteiger partial charge in [-0.15, -0.1) is 0 Å². The average molecular weight is 345 g/mol. The van der Waals surface area contributed by atoms with E-state index in [4.69, 9.17) is 4.74 Å². The summed E-state index contributed by atoms with van der Waals surface area (Å²) < 4.78 is 57.0. The van der Waals surface area contributed by atoms with E-state index in [0.29, 0.717) is 18.9 Å². The molecule has 0 saturated carbocycles. The van der Waals surface area contributed by atoms with Crippen LogP contribution in [0.3, 0.4) is 0 Å². The van der Waals surface area contributed by atoms with Crippen molar-refractivity contribution in [1.82, 2.24) is 8.75 Å². The van der Waals surface area contributed by atoms with Gasteiger partial charge in [0.1, 0.15) is 11.9 Å². The molecular formula is C13H10F3N3O3S.